The lowest BCUT2D eigenvalue weighted by atomic mass is 9.99. The van der Waals surface area contributed by atoms with E-state index in [-0.39, 0.29) is 0 Å². The summed E-state index contributed by atoms with van der Waals surface area (Å²) in [5.41, 5.74) is 0. The topological polar surface area (TPSA) is 15.3 Å². The Kier molecular flexibility index (Phi) is 5.30. The van der Waals surface area contributed by atoms with Crippen LogP contribution in [0.5, 0.6) is 0 Å². The lowest BCUT2D eigenvalue weighted by Crippen LogP contribution is -2.35. The summed E-state index contributed by atoms with van der Waals surface area (Å²) in [6, 6.07) is 0.825. The Morgan fingerprint density at radius 2 is 1.76 bits per heavy atom. The molecule has 1 aliphatic carbocycles. The van der Waals surface area contributed by atoms with Gasteiger partial charge in [-0.25, -0.2) is 0 Å². The van der Waals surface area contributed by atoms with Crippen molar-refractivity contribution in [1.29, 1.82) is 0 Å². The molecule has 0 aromatic heterocycles. The second kappa shape index (κ2) is 6.75. The van der Waals surface area contributed by atoms with E-state index in [1.54, 1.807) is 0 Å². The van der Waals surface area contributed by atoms with Crippen LogP contribution in [-0.2, 0) is 0 Å². The maximum Gasteiger partial charge on any atom is 0.00697 e. The van der Waals surface area contributed by atoms with Crippen molar-refractivity contribution in [2.75, 3.05) is 26.2 Å². The van der Waals surface area contributed by atoms with E-state index >= 15 is 0 Å². The van der Waals surface area contributed by atoms with Crippen molar-refractivity contribution < 1.29 is 0 Å². The number of likely N-dealkylation sites (tertiary alicyclic amines) is 1. The molecular weight excluding hydrogens is 208 g/mol. The van der Waals surface area contributed by atoms with Crippen molar-refractivity contribution in [2.45, 2.75) is 58.4 Å². The molecule has 1 heterocycles. The van der Waals surface area contributed by atoms with Gasteiger partial charge < -0.3 is 10.2 Å². The molecule has 2 heteroatoms. The Labute approximate surface area is 107 Å². The van der Waals surface area contributed by atoms with E-state index in [2.05, 4.69) is 24.1 Å². The van der Waals surface area contributed by atoms with Crippen molar-refractivity contribution in [3.8, 4) is 0 Å². The standard InChI is InChI=1S/C15H30N2/c1-13-6-10-17(11-7-13)9-3-8-16-15-5-4-14(2)12-15/h13-16H,3-12H2,1-2H3. The molecule has 1 N–H and O–H groups in total. The van der Waals surface area contributed by atoms with Crippen LogP contribution in [0, 0.1) is 11.8 Å². The summed E-state index contributed by atoms with van der Waals surface area (Å²) in [5, 5.41) is 3.73. The van der Waals surface area contributed by atoms with E-state index in [1.165, 1.54) is 64.7 Å². The maximum atomic E-state index is 3.73. The highest BCUT2D eigenvalue weighted by Gasteiger charge is 2.20. The summed E-state index contributed by atoms with van der Waals surface area (Å²) in [7, 11) is 0. The van der Waals surface area contributed by atoms with Gasteiger partial charge in [-0.15, -0.1) is 0 Å². The molecule has 0 aromatic rings. The molecule has 2 fully saturated rings. The van der Waals surface area contributed by atoms with E-state index in [0.717, 1.165) is 17.9 Å². The molecule has 2 rings (SSSR count). The quantitative estimate of drug-likeness (QED) is 0.741. The molecule has 1 aliphatic heterocycles. The molecular formula is C15H30N2. The lowest BCUT2D eigenvalue weighted by molar-refractivity contribution is 0.190. The second-order valence-electron chi connectivity index (χ2n) is 6.45. The molecule has 0 aromatic carbocycles. The first-order valence-electron chi connectivity index (χ1n) is 7.70. The van der Waals surface area contributed by atoms with Gasteiger partial charge >= 0.3 is 0 Å². The monoisotopic (exact) mass is 238 g/mol. The minimum Gasteiger partial charge on any atom is -0.314 e. The van der Waals surface area contributed by atoms with Gasteiger partial charge in [0.15, 0.2) is 0 Å². The second-order valence-corrected chi connectivity index (χ2v) is 6.45. The van der Waals surface area contributed by atoms with Gasteiger partial charge in [0.2, 0.25) is 0 Å². The van der Waals surface area contributed by atoms with E-state index in [1.807, 2.05) is 0 Å². The molecule has 2 unspecified atom stereocenters. The SMILES string of the molecule is CC1CCN(CCCNC2CCC(C)C2)CC1. The minimum absolute atomic E-state index is 0.825. The molecule has 0 radical (unpaired) electrons. The molecule has 2 nitrogen and oxygen atoms in total. The fourth-order valence-electron chi connectivity index (χ4n) is 3.29. The van der Waals surface area contributed by atoms with Gasteiger partial charge in [0.1, 0.15) is 0 Å². The van der Waals surface area contributed by atoms with Gasteiger partial charge in [-0.3, -0.25) is 0 Å². The van der Waals surface area contributed by atoms with Crippen LogP contribution in [0.25, 0.3) is 0 Å². The fraction of sp³-hybridized carbons (Fsp3) is 1.00. The van der Waals surface area contributed by atoms with Crippen molar-refractivity contribution in [1.82, 2.24) is 10.2 Å². The van der Waals surface area contributed by atoms with Crippen LogP contribution >= 0.6 is 0 Å². The van der Waals surface area contributed by atoms with E-state index in [4.69, 9.17) is 0 Å². The van der Waals surface area contributed by atoms with Crippen molar-refractivity contribution >= 4 is 0 Å². The summed E-state index contributed by atoms with van der Waals surface area (Å²) in [4.78, 5) is 2.65. The predicted octanol–water partition coefficient (Wildman–Crippen LogP) is 2.89. The van der Waals surface area contributed by atoms with E-state index in [0.29, 0.717) is 0 Å². The third-order valence-electron chi connectivity index (χ3n) is 4.66. The first-order valence-corrected chi connectivity index (χ1v) is 7.70. The highest BCUT2D eigenvalue weighted by molar-refractivity contribution is 4.78. The number of nitrogens with one attached hydrogen (secondary N) is 1. The molecule has 17 heavy (non-hydrogen) atoms. The van der Waals surface area contributed by atoms with Crippen LogP contribution in [0.2, 0.25) is 0 Å². The van der Waals surface area contributed by atoms with Crippen LogP contribution in [0.3, 0.4) is 0 Å². The third-order valence-corrected chi connectivity index (χ3v) is 4.66. The largest absolute Gasteiger partial charge is 0.314 e. The Morgan fingerprint density at radius 1 is 1.00 bits per heavy atom. The van der Waals surface area contributed by atoms with Crippen LogP contribution in [-0.4, -0.2) is 37.1 Å². The number of nitrogens with zero attached hydrogens (tertiary/aromatic N) is 1. The molecule has 0 amide bonds. The summed E-state index contributed by atoms with van der Waals surface area (Å²) in [5.74, 6) is 1.92. The van der Waals surface area contributed by atoms with Crippen molar-refractivity contribution in [3.05, 3.63) is 0 Å². The Morgan fingerprint density at radius 3 is 2.41 bits per heavy atom. The molecule has 2 atom stereocenters. The zero-order valence-electron chi connectivity index (χ0n) is 11.8. The molecule has 2 aliphatic rings. The minimum atomic E-state index is 0.825. The zero-order chi connectivity index (χ0) is 12.1. The average molecular weight is 238 g/mol. The Hall–Kier alpha value is -0.0800. The van der Waals surface area contributed by atoms with Crippen molar-refractivity contribution in [3.63, 3.8) is 0 Å². The maximum absolute atomic E-state index is 3.73. The summed E-state index contributed by atoms with van der Waals surface area (Å²) in [6.45, 7) is 9.98. The Bertz CT molecular complexity index is 209. The van der Waals surface area contributed by atoms with Crippen LogP contribution in [0.1, 0.15) is 52.4 Å². The lowest BCUT2D eigenvalue weighted by Gasteiger charge is -2.30. The predicted molar refractivity (Wildman–Crippen MR) is 74.3 cm³/mol. The van der Waals surface area contributed by atoms with Gasteiger partial charge in [0.05, 0.1) is 0 Å². The molecule has 1 saturated carbocycles. The van der Waals surface area contributed by atoms with Gasteiger partial charge in [0.25, 0.3) is 0 Å². The smallest absolute Gasteiger partial charge is 0.00697 e. The summed E-state index contributed by atoms with van der Waals surface area (Å²) >= 11 is 0. The van der Waals surface area contributed by atoms with E-state index < -0.39 is 0 Å². The summed E-state index contributed by atoms with van der Waals surface area (Å²) in [6.07, 6.45) is 8.39. The normalized spacial score (nSPS) is 32.1. The van der Waals surface area contributed by atoms with Crippen molar-refractivity contribution in [2.24, 2.45) is 11.8 Å². The molecule has 1 saturated heterocycles. The van der Waals surface area contributed by atoms with Gasteiger partial charge in [0, 0.05) is 6.04 Å². The van der Waals surface area contributed by atoms with Crippen LogP contribution in [0.15, 0.2) is 0 Å². The van der Waals surface area contributed by atoms with Gasteiger partial charge in [-0.1, -0.05) is 13.8 Å². The highest BCUT2D eigenvalue weighted by atomic mass is 15.1. The number of hydrogen-bond donors (Lipinski definition) is 1. The van der Waals surface area contributed by atoms with Gasteiger partial charge in [-0.05, 0) is 76.5 Å². The highest BCUT2D eigenvalue weighted by Crippen LogP contribution is 2.24. The molecule has 100 valence electrons. The van der Waals surface area contributed by atoms with Crippen LogP contribution < -0.4 is 5.32 Å². The molecule has 0 spiro atoms. The van der Waals surface area contributed by atoms with Crippen LogP contribution in [0.4, 0.5) is 0 Å². The third kappa shape index (κ3) is 4.59. The zero-order valence-corrected chi connectivity index (χ0v) is 11.8. The Balaban J connectivity index is 1.49. The average Bonchev–Trinajstić information content (AvgIpc) is 2.73. The summed E-state index contributed by atoms with van der Waals surface area (Å²) < 4.78 is 0. The number of piperidine rings is 1. The number of hydrogen-bond acceptors (Lipinski definition) is 2. The van der Waals surface area contributed by atoms with E-state index in [9.17, 15) is 0 Å². The molecule has 0 bridgehead atoms. The van der Waals surface area contributed by atoms with Gasteiger partial charge in [-0.2, -0.15) is 0 Å². The first-order chi connectivity index (χ1) is 8.24. The number of rotatable bonds is 5. The first kappa shape index (κ1) is 13.4. The fourth-order valence-corrected chi connectivity index (χ4v) is 3.29.